The van der Waals surface area contributed by atoms with Crippen molar-refractivity contribution in [2.45, 2.75) is 44.6 Å². The molecule has 9 nitrogen and oxygen atoms in total. The van der Waals surface area contributed by atoms with Gasteiger partial charge in [0.1, 0.15) is 5.69 Å². The molecule has 0 fully saturated rings. The molecule has 1 aromatic carbocycles. The van der Waals surface area contributed by atoms with Crippen LogP contribution in [0.1, 0.15) is 61.1 Å². The van der Waals surface area contributed by atoms with Crippen LogP contribution in [0.3, 0.4) is 0 Å². The number of benzene rings is 1. The van der Waals surface area contributed by atoms with E-state index in [0.717, 1.165) is 21.9 Å². The van der Waals surface area contributed by atoms with E-state index < -0.39 is 27.0 Å². The molecule has 1 heterocycles. The van der Waals surface area contributed by atoms with Crippen molar-refractivity contribution in [3.8, 4) is 0 Å². The summed E-state index contributed by atoms with van der Waals surface area (Å²) in [6, 6.07) is 6.01. The van der Waals surface area contributed by atoms with Gasteiger partial charge in [0.15, 0.2) is 5.03 Å². The molecule has 0 saturated heterocycles. The number of nitrogens with one attached hydrogen (secondary N) is 2. The van der Waals surface area contributed by atoms with E-state index in [4.69, 9.17) is 0 Å². The second-order valence-corrected chi connectivity index (χ2v) is 9.54. The van der Waals surface area contributed by atoms with Crippen LogP contribution in [-0.4, -0.2) is 78.7 Å². The Bertz CT molecular complexity index is 1060. The van der Waals surface area contributed by atoms with E-state index in [2.05, 4.69) is 10.4 Å². The summed E-state index contributed by atoms with van der Waals surface area (Å²) in [6.07, 6.45) is 0. The molecule has 31 heavy (non-hydrogen) atoms. The van der Waals surface area contributed by atoms with E-state index in [-0.39, 0.29) is 47.1 Å². The van der Waals surface area contributed by atoms with Crippen molar-refractivity contribution in [3.05, 3.63) is 41.1 Å². The third-order valence-electron chi connectivity index (χ3n) is 4.60. The van der Waals surface area contributed by atoms with Crippen molar-refractivity contribution in [2.75, 3.05) is 19.4 Å². The number of carbonyl (C=O) groups excluding carboxylic acids is 2. The van der Waals surface area contributed by atoms with Crippen LogP contribution >= 0.6 is 0 Å². The van der Waals surface area contributed by atoms with Crippen LogP contribution in [0.15, 0.2) is 29.3 Å². The molecule has 1 radical (unpaired) electrons. The number of aryl methyl sites for hydroxylation is 1. The molecule has 1 aromatic heterocycles. The Morgan fingerprint density at radius 1 is 1.06 bits per heavy atom. The monoisotopic (exact) mass is 458 g/mol. The normalized spacial score (nSPS) is 11.3. The van der Waals surface area contributed by atoms with Crippen LogP contribution < -0.4 is 10.0 Å². The van der Waals surface area contributed by atoms with Crippen molar-refractivity contribution in [2.24, 2.45) is 7.05 Å². The van der Waals surface area contributed by atoms with Gasteiger partial charge in [0.2, 0.25) is 0 Å². The summed E-state index contributed by atoms with van der Waals surface area (Å²) < 4.78 is 28.4. The van der Waals surface area contributed by atoms with Crippen LogP contribution in [0.5, 0.6) is 0 Å². The Balaban J connectivity index is 0.00000480. The summed E-state index contributed by atoms with van der Waals surface area (Å²) in [6.45, 7) is 8.04. The molecule has 0 aliphatic rings. The standard InChI is InChI=1S/C20H29N5O4S.Na/c1-12(2)14-8-9-15(13(3)4)16(10-14)21-20(27)23-30(28,29)18-11-17(25(7)22-18)19(26)24(5)6;/h8-13H,1-7H3,(H2,21,23,27);. The van der Waals surface area contributed by atoms with Crippen molar-refractivity contribution in [1.82, 2.24) is 19.4 Å². The van der Waals surface area contributed by atoms with Crippen molar-refractivity contribution in [1.29, 1.82) is 0 Å². The summed E-state index contributed by atoms with van der Waals surface area (Å²) in [4.78, 5) is 25.9. The molecule has 2 rings (SSSR count). The third kappa shape index (κ3) is 6.55. The van der Waals surface area contributed by atoms with Crippen LogP contribution in [0, 0.1) is 0 Å². The molecule has 3 amide bonds. The van der Waals surface area contributed by atoms with Gasteiger partial charge in [0.05, 0.1) is 0 Å². The SMILES string of the molecule is CC(C)c1ccc(C(C)C)c(NC(=O)NS(=O)(=O)c2cc(C(=O)N(C)C)n(C)n2)c1.[Na]. The van der Waals surface area contributed by atoms with E-state index in [0.29, 0.717) is 5.69 Å². The van der Waals surface area contributed by atoms with Gasteiger partial charge in [-0.25, -0.2) is 9.52 Å². The van der Waals surface area contributed by atoms with Crippen LogP contribution in [0.2, 0.25) is 0 Å². The minimum Gasteiger partial charge on any atom is -0.343 e. The minimum absolute atomic E-state index is 0. The van der Waals surface area contributed by atoms with Gasteiger partial charge in [0, 0.05) is 62.5 Å². The number of urea groups is 1. The number of rotatable bonds is 6. The molecule has 2 N–H and O–H groups in total. The zero-order valence-electron chi connectivity index (χ0n) is 19.3. The first kappa shape index (κ1) is 27.2. The first-order valence-electron chi connectivity index (χ1n) is 9.56. The number of hydrogen-bond donors (Lipinski definition) is 2. The predicted octanol–water partition coefficient (Wildman–Crippen LogP) is 2.50. The minimum atomic E-state index is -4.26. The van der Waals surface area contributed by atoms with Crippen molar-refractivity contribution < 1.29 is 18.0 Å². The quantitative estimate of drug-likeness (QED) is 0.646. The molecule has 11 heteroatoms. The van der Waals surface area contributed by atoms with Crippen molar-refractivity contribution >= 4 is 57.2 Å². The van der Waals surface area contributed by atoms with Gasteiger partial charge in [-0.3, -0.25) is 9.48 Å². The maximum Gasteiger partial charge on any atom is 0.333 e. The van der Waals surface area contributed by atoms with E-state index in [1.54, 1.807) is 14.1 Å². The third-order valence-corrected chi connectivity index (χ3v) is 5.80. The summed E-state index contributed by atoms with van der Waals surface area (Å²) in [5.74, 6) is -0.0174. The maximum atomic E-state index is 12.6. The fraction of sp³-hybridized carbons (Fsp3) is 0.450. The molecule has 2 aromatic rings. The van der Waals surface area contributed by atoms with E-state index in [1.807, 2.05) is 50.6 Å². The predicted molar refractivity (Wildman–Crippen MR) is 121 cm³/mol. The maximum absolute atomic E-state index is 12.6. The fourth-order valence-electron chi connectivity index (χ4n) is 2.87. The zero-order valence-corrected chi connectivity index (χ0v) is 22.2. The van der Waals surface area contributed by atoms with Gasteiger partial charge in [-0.1, -0.05) is 39.8 Å². The summed E-state index contributed by atoms with van der Waals surface area (Å²) in [5, 5.41) is 6.09. The van der Waals surface area contributed by atoms with Gasteiger partial charge in [-0.15, -0.1) is 0 Å². The summed E-state index contributed by atoms with van der Waals surface area (Å²) >= 11 is 0. The molecule has 0 bridgehead atoms. The van der Waals surface area contributed by atoms with E-state index in [9.17, 15) is 18.0 Å². The number of sulfonamides is 1. The zero-order chi connectivity index (χ0) is 22.8. The number of anilines is 1. The Morgan fingerprint density at radius 2 is 1.68 bits per heavy atom. The largest absolute Gasteiger partial charge is 0.343 e. The Morgan fingerprint density at radius 3 is 2.19 bits per heavy atom. The van der Waals surface area contributed by atoms with Crippen LogP contribution in [0.4, 0.5) is 10.5 Å². The molecule has 0 spiro atoms. The molecule has 0 atom stereocenters. The number of nitrogens with zero attached hydrogens (tertiary/aromatic N) is 3. The summed E-state index contributed by atoms with van der Waals surface area (Å²) in [5.41, 5.74) is 2.55. The second kappa shape index (κ2) is 10.6. The Hall–Kier alpha value is -1.88. The number of hydrogen-bond acceptors (Lipinski definition) is 5. The summed E-state index contributed by atoms with van der Waals surface area (Å²) in [7, 11) is 0.292. The van der Waals surface area contributed by atoms with Gasteiger partial charge < -0.3 is 10.2 Å². The molecular weight excluding hydrogens is 429 g/mol. The van der Waals surface area contributed by atoms with Gasteiger partial charge >= 0.3 is 6.03 Å². The van der Waals surface area contributed by atoms with Gasteiger partial charge in [-0.2, -0.15) is 13.5 Å². The molecule has 0 aliphatic heterocycles. The molecular formula is C20H29N5NaO4S. The van der Waals surface area contributed by atoms with Crippen LogP contribution in [-0.2, 0) is 17.1 Å². The molecule has 165 valence electrons. The van der Waals surface area contributed by atoms with Gasteiger partial charge in [0.25, 0.3) is 15.9 Å². The smallest absolute Gasteiger partial charge is 0.333 e. The molecule has 0 saturated carbocycles. The second-order valence-electron chi connectivity index (χ2n) is 7.91. The van der Waals surface area contributed by atoms with E-state index in [1.165, 1.54) is 11.9 Å². The average Bonchev–Trinajstić information content (AvgIpc) is 3.02. The Labute approximate surface area is 205 Å². The first-order chi connectivity index (χ1) is 13.8. The fourth-order valence-corrected chi connectivity index (χ4v) is 3.76. The number of aromatic nitrogens is 2. The Kier molecular flexibility index (Phi) is 9.31. The van der Waals surface area contributed by atoms with Gasteiger partial charge in [-0.05, 0) is 29.0 Å². The van der Waals surface area contributed by atoms with Crippen LogP contribution in [0.25, 0.3) is 0 Å². The van der Waals surface area contributed by atoms with Crippen molar-refractivity contribution in [3.63, 3.8) is 0 Å². The van der Waals surface area contributed by atoms with E-state index >= 15 is 0 Å². The number of amides is 3. The average molecular weight is 459 g/mol. The first-order valence-corrected chi connectivity index (χ1v) is 11.0. The number of carbonyl (C=O) groups is 2. The molecule has 0 unspecified atom stereocenters. The topological polar surface area (TPSA) is 113 Å². The molecule has 0 aliphatic carbocycles.